The lowest BCUT2D eigenvalue weighted by molar-refractivity contribution is -0.131. The molecule has 6 heteroatoms. The number of carboxylic acid groups (broad SMARTS) is 1. The number of amidine groups is 1. The van der Waals surface area contributed by atoms with E-state index in [2.05, 4.69) is 11.9 Å². The molecule has 0 aromatic rings. The SMILES string of the molecule is CCCCCC1=CCN2C=C(C(=O)O)S(=O)C2=N1. The average molecular weight is 268 g/mol. The summed E-state index contributed by atoms with van der Waals surface area (Å²) in [5.41, 5.74) is 0.920. The van der Waals surface area contributed by atoms with Gasteiger partial charge in [-0.05, 0) is 18.9 Å². The zero-order valence-electron chi connectivity index (χ0n) is 10.3. The van der Waals surface area contributed by atoms with Crippen molar-refractivity contribution in [2.45, 2.75) is 32.6 Å². The molecule has 0 saturated carbocycles. The molecule has 0 bridgehead atoms. The highest BCUT2D eigenvalue weighted by atomic mass is 32.2. The van der Waals surface area contributed by atoms with Crippen molar-refractivity contribution in [1.29, 1.82) is 0 Å². The van der Waals surface area contributed by atoms with Crippen molar-refractivity contribution in [3.05, 3.63) is 22.9 Å². The molecule has 1 N–H and O–H groups in total. The maximum Gasteiger partial charge on any atom is 0.346 e. The molecule has 0 amide bonds. The van der Waals surface area contributed by atoms with E-state index in [0.29, 0.717) is 11.7 Å². The number of hydrogen-bond donors (Lipinski definition) is 1. The molecular formula is C12H16N2O3S. The summed E-state index contributed by atoms with van der Waals surface area (Å²) in [5, 5.41) is 9.27. The lowest BCUT2D eigenvalue weighted by Gasteiger charge is -2.19. The number of rotatable bonds is 5. The van der Waals surface area contributed by atoms with Crippen molar-refractivity contribution in [3.8, 4) is 0 Å². The zero-order chi connectivity index (χ0) is 13.1. The smallest absolute Gasteiger partial charge is 0.346 e. The average Bonchev–Trinajstić information content (AvgIpc) is 2.67. The monoisotopic (exact) mass is 268 g/mol. The third-order valence-corrected chi connectivity index (χ3v) is 4.23. The summed E-state index contributed by atoms with van der Waals surface area (Å²) in [6.07, 6.45) is 7.60. The van der Waals surface area contributed by atoms with Crippen LogP contribution >= 0.6 is 0 Å². The fourth-order valence-corrected chi connectivity index (χ4v) is 3.03. The first-order valence-electron chi connectivity index (χ1n) is 6.04. The molecule has 1 unspecified atom stereocenters. The van der Waals surface area contributed by atoms with Gasteiger partial charge in [-0.15, -0.1) is 0 Å². The first-order valence-corrected chi connectivity index (χ1v) is 7.19. The minimum atomic E-state index is -1.64. The molecule has 18 heavy (non-hydrogen) atoms. The molecule has 5 nitrogen and oxygen atoms in total. The van der Waals surface area contributed by atoms with Crippen LogP contribution in [0.1, 0.15) is 32.6 Å². The van der Waals surface area contributed by atoms with Crippen molar-refractivity contribution >= 4 is 21.9 Å². The largest absolute Gasteiger partial charge is 0.477 e. The van der Waals surface area contributed by atoms with E-state index >= 15 is 0 Å². The summed E-state index contributed by atoms with van der Waals surface area (Å²) in [6, 6.07) is 0. The highest BCUT2D eigenvalue weighted by molar-refractivity contribution is 8.05. The Kier molecular flexibility index (Phi) is 3.96. The molecule has 0 aliphatic carbocycles. The van der Waals surface area contributed by atoms with E-state index < -0.39 is 16.8 Å². The first kappa shape index (κ1) is 13.0. The molecule has 0 aromatic carbocycles. The molecule has 0 fully saturated rings. The number of nitrogens with zero attached hydrogens (tertiary/aromatic N) is 2. The molecule has 0 saturated heterocycles. The number of aliphatic carboxylic acids is 1. The maximum absolute atomic E-state index is 11.9. The second kappa shape index (κ2) is 5.48. The van der Waals surface area contributed by atoms with Gasteiger partial charge < -0.3 is 10.0 Å². The number of allylic oxidation sites excluding steroid dienone is 1. The minimum absolute atomic E-state index is 0.0861. The van der Waals surface area contributed by atoms with Crippen molar-refractivity contribution < 1.29 is 14.1 Å². The van der Waals surface area contributed by atoms with Gasteiger partial charge in [-0.1, -0.05) is 19.8 Å². The lowest BCUT2D eigenvalue weighted by Crippen LogP contribution is -2.27. The molecule has 2 aliphatic heterocycles. The van der Waals surface area contributed by atoms with E-state index in [9.17, 15) is 9.00 Å². The molecule has 0 spiro atoms. The van der Waals surface area contributed by atoms with Gasteiger partial charge in [0.2, 0.25) is 5.17 Å². The second-order valence-electron chi connectivity index (χ2n) is 4.27. The summed E-state index contributed by atoms with van der Waals surface area (Å²) in [7, 11) is -1.64. The Labute approximate surface area is 108 Å². The van der Waals surface area contributed by atoms with E-state index in [1.807, 2.05) is 6.08 Å². The zero-order valence-corrected chi connectivity index (χ0v) is 11.1. The molecule has 1 atom stereocenters. The number of unbranched alkanes of at least 4 members (excludes halogenated alkanes) is 2. The number of aliphatic imine (C=N–C) groups is 1. The van der Waals surface area contributed by atoms with Gasteiger partial charge in [-0.25, -0.2) is 14.0 Å². The third-order valence-electron chi connectivity index (χ3n) is 2.89. The molecule has 98 valence electrons. The van der Waals surface area contributed by atoms with Crippen LogP contribution in [0.2, 0.25) is 0 Å². The fraction of sp³-hybridized carbons (Fsp3) is 0.500. The van der Waals surface area contributed by atoms with Crippen LogP contribution in [0.4, 0.5) is 0 Å². The van der Waals surface area contributed by atoms with Crippen LogP contribution < -0.4 is 0 Å². The van der Waals surface area contributed by atoms with Crippen LogP contribution in [0.5, 0.6) is 0 Å². The quantitative estimate of drug-likeness (QED) is 0.772. The van der Waals surface area contributed by atoms with Crippen LogP contribution in [0.3, 0.4) is 0 Å². The summed E-state index contributed by atoms with van der Waals surface area (Å²) in [5.74, 6) is -1.14. The fourth-order valence-electron chi connectivity index (χ4n) is 1.91. The number of fused-ring (bicyclic) bond motifs is 1. The van der Waals surface area contributed by atoms with E-state index in [-0.39, 0.29) is 4.91 Å². The molecule has 0 aromatic heterocycles. The summed E-state index contributed by atoms with van der Waals surface area (Å²) in [4.78, 5) is 16.8. The standard InChI is InChI=1S/C12H16N2O3S/c1-2-3-4-5-9-6-7-14-8-10(11(15)16)18(17)12(14)13-9/h6,8H,2-5,7H2,1H3,(H,15,16). The Bertz CT molecular complexity index is 480. The first-order chi connectivity index (χ1) is 8.63. The Balaban J connectivity index is 2.07. The van der Waals surface area contributed by atoms with Crippen LogP contribution in [0.25, 0.3) is 0 Å². The highest BCUT2D eigenvalue weighted by Crippen LogP contribution is 2.24. The van der Waals surface area contributed by atoms with Crippen molar-refractivity contribution in [2.75, 3.05) is 6.54 Å². The van der Waals surface area contributed by atoms with E-state index in [0.717, 1.165) is 31.4 Å². The van der Waals surface area contributed by atoms with Crippen molar-refractivity contribution in [3.63, 3.8) is 0 Å². The predicted octanol–water partition coefficient (Wildman–Crippen LogP) is 1.81. The van der Waals surface area contributed by atoms with Crippen LogP contribution in [0.15, 0.2) is 27.9 Å². The number of hydrogen-bond acceptors (Lipinski definition) is 4. The van der Waals surface area contributed by atoms with E-state index in [1.165, 1.54) is 6.20 Å². The van der Waals surface area contributed by atoms with E-state index in [1.54, 1.807) is 4.90 Å². The van der Waals surface area contributed by atoms with Gasteiger partial charge in [0.15, 0.2) is 0 Å². The summed E-state index contributed by atoms with van der Waals surface area (Å²) < 4.78 is 11.9. The van der Waals surface area contributed by atoms with Crippen molar-refractivity contribution in [1.82, 2.24) is 4.90 Å². The minimum Gasteiger partial charge on any atom is -0.477 e. The second-order valence-corrected chi connectivity index (χ2v) is 5.61. The predicted molar refractivity (Wildman–Crippen MR) is 70.2 cm³/mol. The van der Waals surface area contributed by atoms with Crippen LogP contribution in [-0.2, 0) is 15.6 Å². The van der Waals surface area contributed by atoms with Gasteiger partial charge in [-0.2, -0.15) is 0 Å². The van der Waals surface area contributed by atoms with Crippen molar-refractivity contribution in [2.24, 2.45) is 4.99 Å². The maximum atomic E-state index is 11.9. The van der Waals surface area contributed by atoms with Gasteiger partial charge in [0.25, 0.3) is 0 Å². The summed E-state index contributed by atoms with van der Waals surface area (Å²) >= 11 is 0. The highest BCUT2D eigenvalue weighted by Gasteiger charge is 2.33. The topological polar surface area (TPSA) is 70.0 Å². The Morgan fingerprint density at radius 1 is 1.56 bits per heavy atom. The van der Waals surface area contributed by atoms with Gasteiger partial charge in [-0.3, -0.25) is 0 Å². The van der Waals surface area contributed by atoms with E-state index in [4.69, 9.17) is 5.11 Å². The summed E-state index contributed by atoms with van der Waals surface area (Å²) in [6.45, 7) is 2.70. The Morgan fingerprint density at radius 3 is 3.00 bits per heavy atom. The molecule has 2 heterocycles. The normalized spacial score (nSPS) is 22.2. The van der Waals surface area contributed by atoms with Gasteiger partial charge in [0, 0.05) is 18.4 Å². The van der Waals surface area contributed by atoms with Gasteiger partial charge in [0.1, 0.15) is 15.7 Å². The third kappa shape index (κ3) is 2.53. The lowest BCUT2D eigenvalue weighted by atomic mass is 10.1. The number of carboxylic acids is 1. The molecular weight excluding hydrogens is 252 g/mol. The number of carbonyl (C=O) groups is 1. The van der Waals surface area contributed by atoms with Gasteiger partial charge >= 0.3 is 5.97 Å². The van der Waals surface area contributed by atoms with Gasteiger partial charge in [0.05, 0.1) is 0 Å². The van der Waals surface area contributed by atoms with Crippen LogP contribution in [0, 0.1) is 0 Å². The molecule has 2 rings (SSSR count). The molecule has 2 aliphatic rings. The van der Waals surface area contributed by atoms with Crippen LogP contribution in [-0.4, -0.2) is 31.9 Å². The Morgan fingerprint density at radius 2 is 2.33 bits per heavy atom. The molecule has 0 radical (unpaired) electrons. The Hall–Kier alpha value is -1.43.